The molecule has 2 N–H and O–H groups in total. The fraction of sp³-hybridized carbons (Fsp3) is 0.385. The van der Waals surface area contributed by atoms with Gasteiger partial charge in [-0.3, -0.25) is 4.90 Å². The van der Waals surface area contributed by atoms with E-state index in [0.29, 0.717) is 0 Å². The predicted octanol–water partition coefficient (Wildman–Crippen LogP) is 1.18. The third-order valence-corrected chi connectivity index (χ3v) is 3.20. The van der Waals surface area contributed by atoms with Gasteiger partial charge >= 0.3 is 0 Å². The minimum Gasteiger partial charge on any atom is -0.399 e. The number of hydrogen-bond donors (Lipinski definition) is 1. The van der Waals surface area contributed by atoms with Crippen LogP contribution in [0.2, 0.25) is 0 Å². The van der Waals surface area contributed by atoms with Gasteiger partial charge in [0.25, 0.3) is 0 Å². The maximum atomic E-state index is 5.80. The van der Waals surface area contributed by atoms with E-state index in [1.165, 1.54) is 5.56 Å². The summed E-state index contributed by atoms with van der Waals surface area (Å²) in [7, 11) is 0. The highest BCUT2D eigenvalue weighted by Crippen LogP contribution is 2.15. The lowest BCUT2D eigenvalue weighted by molar-refractivity contribution is 0.201. The molecule has 94 valence electrons. The number of nitrogen functional groups attached to an aromatic ring is 1. The molecule has 5 nitrogen and oxygen atoms in total. The number of aryl methyl sites for hydroxylation is 1. The molecule has 18 heavy (non-hydrogen) atoms. The second-order valence-corrected chi connectivity index (χ2v) is 4.75. The smallest absolute Gasteiger partial charge is 0.147 e. The Balaban J connectivity index is 1.73. The molecule has 1 aromatic carbocycles. The molecule has 1 aliphatic heterocycles. The zero-order chi connectivity index (χ0) is 12.5. The van der Waals surface area contributed by atoms with E-state index in [9.17, 15) is 0 Å². The van der Waals surface area contributed by atoms with Gasteiger partial charge in [0.05, 0.1) is 13.1 Å². The zero-order valence-corrected chi connectivity index (χ0v) is 10.5. The van der Waals surface area contributed by atoms with Crippen molar-refractivity contribution in [2.24, 2.45) is 0 Å². The fourth-order valence-corrected chi connectivity index (χ4v) is 2.40. The summed E-state index contributed by atoms with van der Waals surface area (Å²) in [6.07, 6.45) is 0. The van der Waals surface area contributed by atoms with Crippen molar-refractivity contribution >= 4 is 5.69 Å². The van der Waals surface area contributed by atoms with E-state index in [0.717, 1.165) is 43.5 Å². The van der Waals surface area contributed by atoms with Crippen LogP contribution in [0.25, 0.3) is 0 Å². The Bertz CT molecular complexity index is 560. The molecule has 5 heteroatoms. The third-order valence-electron chi connectivity index (χ3n) is 3.20. The molecule has 2 heterocycles. The first kappa shape index (κ1) is 11.2. The van der Waals surface area contributed by atoms with Crippen LogP contribution in [0.5, 0.6) is 0 Å². The molecule has 0 bridgehead atoms. The summed E-state index contributed by atoms with van der Waals surface area (Å²) in [5.41, 5.74) is 7.87. The van der Waals surface area contributed by atoms with E-state index in [1.807, 2.05) is 29.8 Å². The van der Waals surface area contributed by atoms with Crippen molar-refractivity contribution in [3.8, 4) is 0 Å². The lowest BCUT2D eigenvalue weighted by Crippen LogP contribution is -2.33. The van der Waals surface area contributed by atoms with Crippen molar-refractivity contribution in [3.63, 3.8) is 0 Å². The Morgan fingerprint density at radius 3 is 3.06 bits per heavy atom. The van der Waals surface area contributed by atoms with Crippen LogP contribution < -0.4 is 5.73 Å². The predicted molar refractivity (Wildman–Crippen MR) is 69.7 cm³/mol. The molecule has 2 aromatic rings. The average Bonchev–Trinajstić information content (AvgIpc) is 2.68. The Kier molecular flexibility index (Phi) is 2.76. The number of anilines is 1. The molecule has 0 atom stereocenters. The van der Waals surface area contributed by atoms with Gasteiger partial charge in [0.2, 0.25) is 0 Å². The van der Waals surface area contributed by atoms with Crippen LogP contribution in [0.4, 0.5) is 5.69 Å². The topological polar surface area (TPSA) is 60.0 Å². The molecule has 0 amide bonds. The van der Waals surface area contributed by atoms with Gasteiger partial charge in [-0.25, -0.2) is 9.67 Å². The Morgan fingerprint density at radius 1 is 1.33 bits per heavy atom. The maximum absolute atomic E-state index is 5.80. The molecule has 0 radical (unpaired) electrons. The summed E-state index contributed by atoms with van der Waals surface area (Å²) < 4.78 is 2.01. The Morgan fingerprint density at radius 2 is 2.22 bits per heavy atom. The van der Waals surface area contributed by atoms with Crippen molar-refractivity contribution in [1.29, 1.82) is 0 Å². The monoisotopic (exact) mass is 243 g/mol. The van der Waals surface area contributed by atoms with Crippen LogP contribution in [0.3, 0.4) is 0 Å². The number of nitrogens with two attached hydrogens (primary N) is 1. The van der Waals surface area contributed by atoms with Crippen molar-refractivity contribution in [2.45, 2.75) is 26.6 Å². The summed E-state index contributed by atoms with van der Waals surface area (Å²) in [5.74, 6) is 1.92. The third kappa shape index (κ3) is 2.22. The maximum Gasteiger partial charge on any atom is 0.147 e. The summed E-state index contributed by atoms with van der Waals surface area (Å²) in [6.45, 7) is 5.63. The van der Waals surface area contributed by atoms with Gasteiger partial charge in [0, 0.05) is 18.8 Å². The van der Waals surface area contributed by atoms with Gasteiger partial charge < -0.3 is 5.73 Å². The number of benzene rings is 1. The Hall–Kier alpha value is -1.88. The van der Waals surface area contributed by atoms with Gasteiger partial charge in [0.15, 0.2) is 0 Å². The number of hydrogen-bond acceptors (Lipinski definition) is 4. The second kappa shape index (κ2) is 4.42. The molecular formula is C13H17N5. The van der Waals surface area contributed by atoms with Crippen molar-refractivity contribution in [1.82, 2.24) is 19.7 Å². The minimum atomic E-state index is 0.823. The highest BCUT2D eigenvalue weighted by atomic mass is 15.4. The van der Waals surface area contributed by atoms with Crippen LogP contribution in [0.15, 0.2) is 24.3 Å². The molecule has 0 saturated carbocycles. The standard InChI is InChI=1S/C13H17N5/c1-10-15-13-9-17(5-6-18(13)16-10)8-11-3-2-4-12(14)7-11/h2-4,7H,5-6,8-9,14H2,1H3. The molecule has 1 aliphatic rings. The van der Waals surface area contributed by atoms with Gasteiger partial charge in [-0.15, -0.1) is 0 Å². The van der Waals surface area contributed by atoms with E-state index >= 15 is 0 Å². The second-order valence-electron chi connectivity index (χ2n) is 4.75. The molecule has 0 unspecified atom stereocenters. The van der Waals surface area contributed by atoms with E-state index in [1.54, 1.807) is 0 Å². The molecule has 0 aliphatic carbocycles. The first-order valence-electron chi connectivity index (χ1n) is 6.18. The van der Waals surface area contributed by atoms with E-state index in [4.69, 9.17) is 5.73 Å². The lowest BCUT2D eigenvalue weighted by Gasteiger charge is -2.26. The first-order chi connectivity index (χ1) is 8.70. The van der Waals surface area contributed by atoms with Crippen molar-refractivity contribution in [2.75, 3.05) is 12.3 Å². The van der Waals surface area contributed by atoms with Crippen LogP contribution in [-0.2, 0) is 19.6 Å². The quantitative estimate of drug-likeness (QED) is 0.805. The van der Waals surface area contributed by atoms with Crippen LogP contribution in [-0.4, -0.2) is 26.2 Å². The van der Waals surface area contributed by atoms with Crippen LogP contribution in [0, 0.1) is 6.92 Å². The number of fused-ring (bicyclic) bond motifs is 1. The number of rotatable bonds is 2. The molecule has 3 rings (SSSR count). The van der Waals surface area contributed by atoms with Gasteiger partial charge in [-0.1, -0.05) is 12.1 Å². The van der Waals surface area contributed by atoms with E-state index < -0.39 is 0 Å². The average molecular weight is 243 g/mol. The molecule has 0 fully saturated rings. The van der Waals surface area contributed by atoms with Crippen molar-refractivity contribution < 1.29 is 0 Å². The zero-order valence-electron chi connectivity index (χ0n) is 10.5. The molecule has 1 aromatic heterocycles. The molecule has 0 spiro atoms. The highest BCUT2D eigenvalue weighted by Gasteiger charge is 2.18. The first-order valence-corrected chi connectivity index (χ1v) is 6.18. The summed E-state index contributed by atoms with van der Waals surface area (Å²) in [6, 6.07) is 8.06. The number of nitrogens with zero attached hydrogens (tertiary/aromatic N) is 4. The highest BCUT2D eigenvalue weighted by molar-refractivity contribution is 5.40. The Labute approximate surface area is 106 Å². The SMILES string of the molecule is Cc1nc2n(n1)CCN(Cc1cccc(N)c1)C2. The summed E-state index contributed by atoms with van der Waals surface area (Å²) in [4.78, 5) is 6.82. The van der Waals surface area contributed by atoms with Gasteiger partial charge in [-0.05, 0) is 24.6 Å². The number of aromatic nitrogens is 3. The van der Waals surface area contributed by atoms with Crippen LogP contribution in [0.1, 0.15) is 17.2 Å². The normalized spacial score (nSPS) is 15.6. The van der Waals surface area contributed by atoms with Gasteiger partial charge in [-0.2, -0.15) is 5.10 Å². The lowest BCUT2D eigenvalue weighted by atomic mass is 10.2. The van der Waals surface area contributed by atoms with Gasteiger partial charge in [0.1, 0.15) is 11.6 Å². The summed E-state index contributed by atoms with van der Waals surface area (Å²) >= 11 is 0. The van der Waals surface area contributed by atoms with E-state index in [-0.39, 0.29) is 0 Å². The molecular weight excluding hydrogens is 226 g/mol. The molecule has 0 saturated heterocycles. The minimum absolute atomic E-state index is 0.823. The van der Waals surface area contributed by atoms with Crippen molar-refractivity contribution in [3.05, 3.63) is 41.5 Å². The largest absolute Gasteiger partial charge is 0.399 e. The van der Waals surface area contributed by atoms with Crippen LogP contribution >= 0.6 is 0 Å². The summed E-state index contributed by atoms with van der Waals surface area (Å²) in [5, 5.41) is 4.37. The fourth-order valence-electron chi connectivity index (χ4n) is 2.40. The van der Waals surface area contributed by atoms with E-state index in [2.05, 4.69) is 21.0 Å².